The number of ether oxygens (including phenoxy) is 4. The molecule has 8 nitrogen and oxygen atoms in total. The van der Waals surface area contributed by atoms with Crippen LogP contribution in [0, 0.1) is 40.5 Å². The predicted molar refractivity (Wildman–Crippen MR) is 148 cm³/mol. The van der Waals surface area contributed by atoms with Crippen LogP contribution in [-0.2, 0) is 17.3 Å². The summed E-state index contributed by atoms with van der Waals surface area (Å²) < 4.78 is 47.6. The van der Waals surface area contributed by atoms with Gasteiger partial charge in [0.2, 0.25) is 0 Å². The second-order valence-corrected chi connectivity index (χ2v) is 7.82. The van der Waals surface area contributed by atoms with Gasteiger partial charge in [0.05, 0.1) is 44.2 Å². The van der Waals surface area contributed by atoms with Gasteiger partial charge >= 0.3 is 27.0 Å². The van der Waals surface area contributed by atoms with Gasteiger partial charge in [0.15, 0.2) is 23.0 Å². The van der Waals surface area contributed by atoms with Gasteiger partial charge in [-0.15, -0.1) is 0 Å². The fourth-order valence-corrected chi connectivity index (χ4v) is 3.76. The number of nitriles is 2. The van der Waals surface area contributed by atoms with Gasteiger partial charge in [-0.05, 0) is 28.1 Å². The molecule has 0 saturated heterocycles. The molecule has 0 fully saturated rings. The van der Waals surface area contributed by atoms with Crippen LogP contribution in [0.2, 0.25) is 0 Å². The Morgan fingerprint density at radius 2 is 1.39 bits per heavy atom. The number of halogens is 4. The Hall–Kier alpha value is -3.83. The van der Waals surface area contributed by atoms with E-state index in [1.54, 1.807) is 42.7 Å². The maximum absolute atomic E-state index is 13.9. The molecule has 4 aromatic rings. The van der Waals surface area contributed by atoms with Crippen molar-refractivity contribution in [3.8, 4) is 46.4 Å². The summed E-state index contributed by atoms with van der Waals surface area (Å²) in [6.45, 7) is 0. The van der Waals surface area contributed by atoms with E-state index in [1.807, 2.05) is 18.2 Å². The number of aromatic nitrogens is 2. The molecule has 4 rings (SSSR count). The predicted octanol–water partition coefficient (Wildman–Crippen LogP) is 6.82. The molecule has 0 unspecified atom stereocenters. The largest absolute Gasteiger partial charge is 0.394 e. The molecule has 0 aliphatic rings. The van der Waals surface area contributed by atoms with Gasteiger partial charge in [0.1, 0.15) is 34.9 Å². The molecule has 0 aliphatic carbocycles. The van der Waals surface area contributed by atoms with Crippen molar-refractivity contribution in [2.24, 2.45) is 0 Å². The van der Waals surface area contributed by atoms with E-state index in [2.05, 4.69) is 32.1 Å². The van der Waals surface area contributed by atoms with Crippen molar-refractivity contribution in [3.63, 3.8) is 0 Å². The zero-order chi connectivity index (χ0) is 30.8. The van der Waals surface area contributed by atoms with Gasteiger partial charge in [-0.25, -0.2) is 8.78 Å². The summed E-state index contributed by atoms with van der Waals surface area (Å²) >= 11 is 3.92. The Morgan fingerprint density at radius 1 is 0.829 bits per heavy atom. The van der Waals surface area contributed by atoms with Crippen LogP contribution in [0.4, 0.5) is 8.78 Å². The van der Waals surface area contributed by atoms with Crippen molar-refractivity contribution in [1.29, 1.82) is 10.5 Å². The summed E-state index contributed by atoms with van der Waals surface area (Å²) in [6, 6.07) is 16.5. The Labute approximate surface area is 259 Å². The second-order valence-electron chi connectivity index (χ2n) is 7.02. The minimum atomic E-state index is -0.666. The topological polar surface area (TPSA) is 110 Å². The molecule has 2 aromatic heterocycles. The number of nitrogens with zero attached hydrogens (tertiary/aromatic N) is 4. The van der Waals surface area contributed by atoms with Crippen molar-refractivity contribution in [3.05, 3.63) is 94.4 Å². The number of benzene rings is 2. The van der Waals surface area contributed by atoms with E-state index in [0.29, 0.717) is 22.8 Å². The first-order chi connectivity index (χ1) is 19.9. The van der Waals surface area contributed by atoms with Gasteiger partial charge in [0.25, 0.3) is 0 Å². The third kappa shape index (κ3) is 9.65. The molecule has 0 radical (unpaired) electrons. The number of hydrogen-bond donors (Lipinski definition) is 0. The summed E-state index contributed by atoms with van der Waals surface area (Å²) in [5.41, 5.74) is 0.537. The van der Waals surface area contributed by atoms with E-state index in [1.165, 1.54) is 28.4 Å². The first-order valence-electron chi connectivity index (χ1n) is 11.2. The van der Waals surface area contributed by atoms with Gasteiger partial charge in [-0.2, -0.15) is 28.7 Å². The van der Waals surface area contributed by atoms with E-state index >= 15 is 0 Å². The van der Waals surface area contributed by atoms with Gasteiger partial charge in [-0.3, -0.25) is 4.98 Å². The molecule has 0 aliphatic heterocycles. The third-order valence-electron chi connectivity index (χ3n) is 4.85. The second kappa shape index (κ2) is 19.3. The average molecular weight is 697 g/mol. The molecule has 2 aromatic carbocycles. The first-order valence-corrected chi connectivity index (χ1v) is 15.9. The summed E-state index contributed by atoms with van der Waals surface area (Å²) in [7, 11) is 10.4. The number of methoxy groups -OCH3 is 4. The van der Waals surface area contributed by atoms with Crippen LogP contribution in [0.5, 0.6) is 23.0 Å². The van der Waals surface area contributed by atoms with E-state index in [0.717, 1.165) is 29.4 Å². The van der Waals surface area contributed by atoms with Crippen LogP contribution in [-0.4, -0.2) is 38.4 Å². The fraction of sp³-hybridized carbons (Fsp3) is 0.143. The Morgan fingerprint density at radius 3 is 1.78 bits per heavy atom. The summed E-state index contributed by atoms with van der Waals surface area (Å²) in [5, 5.41) is 17.8. The monoisotopic (exact) mass is 694 g/mol. The Balaban J connectivity index is 0.000000333. The zero-order valence-corrected chi connectivity index (χ0v) is 27.7. The SMILES string of the molecule is COc1cc(F)c(C#N)c(-c2ccccn2)c1OC.COc1cc(F)c(C#N)c(Br)c1OC.[Cl][Zn+].[c-]1ccccn1. The van der Waals surface area contributed by atoms with E-state index < -0.39 is 11.6 Å². The molecular weight excluding hydrogens is 675 g/mol. The smallest absolute Gasteiger partial charge is 0.0813 e. The molecule has 0 saturated carbocycles. The van der Waals surface area contributed by atoms with E-state index in [9.17, 15) is 8.78 Å². The van der Waals surface area contributed by atoms with Gasteiger partial charge in [-0.1, -0.05) is 18.5 Å². The van der Waals surface area contributed by atoms with Crippen molar-refractivity contribution in [2.75, 3.05) is 28.4 Å². The van der Waals surface area contributed by atoms with Crippen LogP contribution < -0.4 is 18.9 Å². The molecule has 2 heterocycles. The van der Waals surface area contributed by atoms with Crippen LogP contribution in [0.1, 0.15) is 11.1 Å². The van der Waals surface area contributed by atoms with Gasteiger partial charge in [0, 0.05) is 18.3 Å². The summed E-state index contributed by atoms with van der Waals surface area (Å²) in [4.78, 5) is 7.79. The first kappa shape index (κ1) is 35.2. The third-order valence-corrected chi connectivity index (χ3v) is 5.60. The number of rotatable bonds is 5. The van der Waals surface area contributed by atoms with E-state index in [-0.39, 0.29) is 27.1 Å². The maximum atomic E-state index is 13.9. The molecule has 208 valence electrons. The Bertz CT molecular complexity index is 1450. The van der Waals surface area contributed by atoms with Crippen molar-refractivity contribution in [2.45, 2.75) is 0 Å². The molecule has 13 heteroatoms. The van der Waals surface area contributed by atoms with Crippen LogP contribution in [0.25, 0.3) is 11.3 Å². The zero-order valence-electron chi connectivity index (χ0n) is 22.4. The van der Waals surface area contributed by atoms with E-state index in [4.69, 9.17) is 39.2 Å². The standard InChI is InChI=1S/C14H11FN2O2.C9H7BrFNO2.C5H4N.ClH.Zn/c1-18-12-7-10(15)9(8-16)13(14(12)19-2)11-5-3-4-6-17-11;1-13-7-3-6(11)5(4-12)8(10)9(7)14-2;1-2-4-6-5-3-1;;/h3-7H,1-2H3;3H,1-2H3;1-4H;1H;/q;;-1;;+2/p-1. The van der Waals surface area contributed by atoms with Crippen LogP contribution >= 0.6 is 25.6 Å². The maximum Gasteiger partial charge on any atom is -0.0813 e. The minimum absolute atomic E-state index is 0.0948. The molecule has 0 atom stereocenters. The summed E-state index contributed by atoms with van der Waals surface area (Å²) in [6.07, 6.45) is 5.90. The average Bonchev–Trinajstić information content (AvgIpc) is 3.03. The number of pyridine rings is 2. The van der Waals surface area contributed by atoms with Crippen LogP contribution in [0.15, 0.2) is 65.4 Å². The van der Waals surface area contributed by atoms with Crippen LogP contribution in [0.3, 0.4) is 0 Å². The van der Waals surface area contributed by atoms with Gasteiger partial charge < -0.3 is 23.9 Å². The molecule has 0 amide bonds. The quantitative estimate of drug-likeness (QED) is 0.165. The molecule has 0 bridgehead atoms. The normalized spacial score (nSPS) is 9.07. The van der Waals surface area contributed by atoms with Crippen molar-refractivity contribution >= 4 is 25.6 Å². The molecule has 0 spiro atoms. The summed E-state index contributed by atoms with van der Waals surface area (Å²) in [5.74, 6) is -0.238. The van der Waals surface area contributed by atoms with Crippen molar-refractivity contribution in [1.82, 2.24) is 9.97 Å². The molecular formula is C28H22BrClF2N4O4Zn. The minimum Gasteiger partial charge on any atom is -0.394 e. The fourth-order valence-electron chi connectivity index (χ4n) is 3.13. The molecule has 0 N–H and O–H groups in total. The van der Waals surface area contributed by atoms with Crippen molar-refractivity contribution < 1.29 is 45.0 Å². The molecule has 41 heavy (non-hydrogen) atoms. The Kier molecular flexibility index (Phi) is 16.6. The number of hydrogen-bond acceptors (Lipinski definition) is 8.